The molecule has 1 heterocycles. The van der Waals surface area contributed by atoms with Gasteiger partial charge in [-0.1, -0.05) is 66.7 Å². The molecule has 0 radical (unpaired) electrons. The van der Waals surface area contributed by atoms with E-state index in [2.05, 4.69) is 0 Å². The van der Waals surface area contributed by atoms with E-state index in [4.69, 9.17) is 9.84 Å². The Kier molecular flexibility index (Phi) is 5.02. The zero-order valence-electron chi connectivity index (χ0n) is 15.6. The quantitative estimate of drug-likeness (QED) is 0.455. The summed E-state index contributed by atoms with van der Waals surface area (Å²) in [6.07, 6.45) is 1.92. The first kappa shape index (κ1) is 17.7. The van der Waals surface area contributed by atoms with Gasteiger partial charge >= 0.3 is 5.97 Å². The van der Waals surface area contributed by atoms with Crippen LogP contribution in [0.25, 0.3) is 16.9 Å². The van der Waals surface area contributed by atoms with Gasteiger partial charge in [-0.3, -0.25) is 0 Å². The lowest BCUT2D eigenvalue weighted by Crippen LogP contribution is -2.07. The Labute approximate surface area is 164 Å². The molecule has 4 aromatic rings. The second-order valence-corrected chi connectivity index (χ2v) is 6.54. The lowest BCUT2D eigenvalue weighted by Gasteiger charge is -2.07. The van der Waals surface area contributed by atoms with Gasteiger partial charge in [0, 0.05) is 17.3 Å². The molecule has 0 unspecified atom stereocenters. The summed E-state index contributed by atoms with van der Waals surface area (Å²) in [6.45, 7) is 2.06. The molecule has 0 aliphatic rings. The van der Waals surface area contributed by atoms with Crippen molar-refractivity contribution in [1.82, 2.24) is 9.78 Å². The molecule has 0 N–H and O–H groups in total. The predicted molar refractivity (Wildman–Crippen MR) is 109 cm³/mol. The molecule has 4 rings (SSSR count). The summed E-state index contributed by atoms with van der Waals surface area (Å²) in [7, 11) is 0. The highest BCUT2D eigenvalue weighted by atomic mass is 16.5. The van der Waals surface area contributed by atoms with Crippen LogP contribution in [0.4, 0.5) is 0 Å². The fraction of sp³-hybridized carbons (Fsp3) is 0.0833. The van der Waals surface area contributed by atoms with E-state index in [1.54, 1.807) is 6.07 Å². The molecule has 0 aliphatic carbocycles. The highest BCUT2D eigenvalue weighted by molar-refractivity contribution is 5.91. The van der Waals surface area contributed by atoms with Crippen LogP contribution in [0.1, 0.15) is 21.5 Å². The molecule has 0 bridgehead atoms. The number of esters is 1. The van der Waals surface area contributed by atoms with Crippen molar-refractivity contribution in [1.29, 1.82) is 0 Å². The van der Waals surface area contributed by atoms with Crippen LogP contribution in [-0.4, -0.2) is 15.7 Å². The molecule has 0 fully saturated rings. The number of nitrogens with zero attached hydrogens (tertiary/aromatic N) is 2. The van der Waals surface area contributed by atoms with Crippen LogP contribution in [0.3, 0.4) is 0 Å². The standard InChI is InChI=1S/C24H20N2O2/c1-18-10-8-9-15-22(18)24(27)28-17-20-16-26(21-13-6-3-7-14-21)25-23(20)19-11-4-2-5-12-19/h2-16H,17H2,1H3. The Morgan fingerprint density at radius 3 is 2.25 bits per heavy atom. The minimum atomic E-state index is -0.329. The Morgan fingerprint density at radius 1 is 0.893 bits per heavy atom. The van der Waals surface area contributed by atoms with Crippen molar-refractivity contribution in [3.8, 4) is 16.9 Å². The van der Waals surface area contributed by atoms with Crippen molar-refractivity contribution in [3.63, 3.8) is 0 Å². The lowest BCUT2D eigenvalue weighted by molar-refractivity contribution is 0.0472. The number of carbonyl (C=O) groups is 1. The summed E-state index contributed by atoms with van der Waals surface area (Å²) in [5.41, 5.74) is 5.09. The third-order valence-electron chi connectivity index (χ3n) is 4.58. The number of aryl methyl sites for hydroxylation is 1. The second kappa shape index (κ2) is 7.92. The van der Waals surface area contributed by atoms with Gasteiger partial charge in [0.05, 0.1) is 16.9 Å². The fourth-order valence-electron chi connectivity index (χ4n) is 3.09. The van der Waals surface area contributed by atoms with Gasteiger partial charge in [-0.05, 0) is 30.7 Å². The zero-order chi connectivity index (χ0) is 19.3. The number of rotatable bonds is 5. The summed E-state index contributed by atoms with van der Waals surface area (Å²) >= 11 is 0. The Hall–Kier alpha value is -3.66. The second-order valence-electron chi connectivity index (χ2n) is 6.54. The van der Waals surface area contributed by atoms with E-state index in [0.717, 1.165) is 28.1 Å². The van der Waals surface area contributed by atoms with E-state index in [1.165, 1.54) is 0 Å². The Balaban J connectivity index is 1.64. The molecule has 0 saturated heterocycles. The van der Waals surface area contributed by atoms with Crippen molar-refractivity contribution < 1.29 is 9.53 Å². The Bertz CT molecular complexity index is 1090. The van der Waals surface area contributed by atoms with Crippen molar-refractivity contribution in [3.05, 3.63) is 108 Å². The SMILES string of the molecule is Cc1ccccc1C(=O)OCc1cn(-c2ccccc2)nc1-c1ccccc1. The fourth-order valence-corrected chi connectivity index (χ4v) is 3.09. The molecular weight excluding hydrogens is 348 g/mol. The maximum Gasteiger partial charge on any atom is 0.338 e. The molecular formula is C24H20N2O2. The summed E-state index contributed by atoms with van der Waals surface area (Å²) in [4.78, 5) is 12.5. The van der Waals surface area contributed by atoms with E-state index in [-0.39, 0.29) is 12.6 Å². The van der Waals surface area contributed by atoms with E-state index in [1.807, 2.05) is 96.7 Å². The van der Waals surface area contributed by atoms with E-state index >= 15 is 0 Å². The average molecular weight is 368 g/mol. The van der Waals surface area contributed by atoms with Gasteiger partial charge < -0.3 is 4.74 Å². The topological polar surface area (TPSA) is 44.1 Å². The number of ether oxygens (including phenoxy) is 1. The van der Waals surface area contributed by atoms with Crippen molar-refractivity contribution in [2.75, 3.05) is 0 Å². The van der Waals surface area contributed by atoms with Gasteiger partial charge in [0.25, 0.3) is 0 Å². The summed E-state index contributed by atoms with van der Waals surface area (Å²) in [6, 6.07) is 27.2. The molecule has 138 valence electrons. The van der Waals surface area contributed by atoms with Crippen LogP contribution in [0, 0.1) is 6.92 Å². The van der Waals surface area contributed by atoms with E-state index in [0.29, 0.717) is 5.56 Å². The number of para-hydroxylation sites is 1. The monoisotopic (exact) mass is 368 g/mol. The van der Waals surface area contributed by atoms with Crippen LogP contribution in [0.5, 0.6) is 0 Å². The summed E-state index contributed by atoms with van der Waals surface area (Å²) < 4.78 is 7.43. The van der Waals surface area contributed by atoms with Crippen LogP contribution in [0.15, 0.2) is 91.1 Å². The van der Waals surface area contributed by atoms with Gasteiger partial charge in [0.15, 0.2) is 0 Å². The highest BCUT2D eigenvalue weighted by Crippen LogP contribution is 2.24. The highest BCUT2D eigenvalue weighted by Gasteiger charge is 2.15. The van der Waals surface area contributed by atoms with E-state index in [9.17, 15) is 4.79 Å². The number of benzene rings is 3. The first-order valence-electron chi connectivity index (χ1n) is 9.14. The molecule has 28 heavy (non-hydrogen) atoms. The molecule has 0 saturated carbocycles. The summed E-state index contributed by atoms with van der Waals surface area (Å²) in [5, 5.41) is 4.74. The molecule has 0 aliphatic heterocycles. The van der Waals surface area contributed by atoms with E-state index < -0.39 is 0 Å². The van der Waals surface area contributed by atoms with Gasteiger partial charge in [-0.25, -0.2) is 9.48 Å². The van der Waals surface area contributed by atoms with Gasteiger partial charge in [-0.15, -0.1) is 0 Å². The zero-order valence-corrected chi connectivity index (χ0v) is 15.6. The lowest BCUT2D eigenvalue weighted by atomic mass is 10.1. The first-order valence-corrected chi connectivity index (χ1v) is 9.14. The minimum Gasteiger partial charge on any atom is -0.457 e. The third-order valence-corrected chi connectivity index (χ3v) is 4.58. The number of aromatic nitrogens is 2. The van der Waals surface area contributed by atoms with Crippen LogP contribution in [0.2, 0.25) is 0 Å². The summed E-state index contributed by atoms with van der Waals surface area (Å²) in [5.74, 6) is -0.329. The smallest absolute Gasteiger partial charge is 0.338 e. The van der Waals surface area contributed by atoms with Crippen molar-refractivity contribution in [2.24, 2.45) is 0 Å². The molecule has 3 aromatic carbocycles. The first-order chi connectivity index (χ1) is 13.7. The number of hydrogen-bond donors (Lipinski definition) is 0. The van der Waals surface area contributed by atoms with Crippen molar-refractivity contribution in [2.45, 2.75) is 13.5 Å². The minimum absolute atomic E-state index is 0.157. The molecule has 0 spiro atoms. The maximum atomic E-state index is 12.5. The predicted octanol–water partition coefficient (Wildman–Crippen LogP) is 5.20. The molecule has 4 heteroatoms. The molecule has 4 nitrogen and oxygen atoms in total. The normalized spacial score (nSPS) is 10.6. The van der Waals surface area contributed by atoms with Gasteiger partial charge in [-0.2, -0.15) is 5.10 Å². The van der Waals surface area contributed by atoms with Crippen LogP contribution >= 0.6 is 0 Å². The van der Waals surface area contributed by atoms with Crippen LogP contribution in [-0.2, 0) is 11.3 Å². The molecule has 0 atom stereocenters. The Morgan fingerprint density at radius 2 is 1.54 bits per heavy atom. The molecule has 0 amide bonds. The number of carbonyl (C=O) groups excluding carboxylic acids is 1. The van der Waals surface area contributed by atoms with Gasteiger partial charge in [0.1, 0.15) is 6.61 Å². The largest absolute Gasteiger partial charge is 0.457 e. The molecule has 1 aromatic heterocycles. The average Bonchev–Trinajstić information content (AvgIpc) is 3.18. The van der Waals surface area contributed by atoms with Gasteiger partial charge in [0.2, 0.25) is 0 Å². The number of hydrogen-bond acceptors (Lipinski definition) is 3. The van der Waals surface area contributed by atoms with Crippen molar-refractivity contribution >= 4 is 5.97 Å². The third kappa shape index (κ3) is 3.71. The van der Waals surface area contributed by atoms with Crippen LogP contribution < -0.4 is 0 Å². The maximum absolute atomic E-state index is 12.5.